The molecule has 1 amide bonds. The summed E-state index contributed by atoms with van der Waals surface area (Å²) in [4.78, 5) is 17.8. The van der Waals surface area contributed by atoms with Crippen molar-refractivity contribution in [3.05, 3.63) is 15.6 Å². The van der Waals surface area contributed by atoms with Crippen LogP contribution in [-0.4, -0.2) is 28.6 Å². The number of aryl methyl sites for hydroxylation is 3. The Morgan fingerprint density at radius 2 is 2.25 bits per heavy atom. The Balaban J connectivity index is 1.66. The minimum Gasteiger partial charge on any atom is -0.393 e. The van der Waals surface area contributed by atoms with Crippen LogP contribution >= 0.6 is 11.3 Å². The van der Waals surface area contributed by atoms with Gasteiger partial charge in [-0.15, -0.1) is 11.3 Å². The van der Waals surface area contributed by atoms with E-state index in [2.05, 4.69) is 17.2 Å². The van der Waals surface area contributed by atoms with Crippen LogP contribution < -0.4 is 5.32 Å². The molecule has 0 aromatic carbocycles. The molecule has 0 radical (unpaired) electrons. The fourth-order valence-electron chi connectivity index (χ4n) is 2.64. The molecule has 112 valence electrons. The largest absolute Gasteiger partial charge is 0.393 e. The van der Waals surface area contributed by atoms with Gasteiger partial charge in [0.05, 0.1) is 16.8 Å². The SMILES string of the molecule is Cc1nc(CCCNC(=O)[C@@H]2CCC[C@H](O)C2)sc1C. The number of rotatable bonds is 5. The standard InChI is InChI=1S/C15H24N2O2S/c1-10-11(2)20-14(17-10)7-4-8-16-15(19)12-5-3-6-13(18)9-12/h12-13,18H,3-9H2,1-2H3,(H,16,19)/t12-,13+/m1/s1. The maximum absolute atomic E-state index is 12.0. The molecule has 4 nitrogen and oxygen atoms in total. The van der Waals surface area contributed by atoms with Crippen LogP contribution in [0.4, 0.5) is 0 Å². The van der Waals surface area contributed by atoms with Gasteiger partial charge in [-0.1, -0.05) is 6.42 Å². The van der Waals surface area contributed by atoms with Crippen molar-refractivity contribution >= 4 is 17.2 Å². The third-order valence-corrected chi connectivity index (χ3v) is 5.09. The van der Waals surface area contributed by atoms with E-state index in [4.69, 9.17) is 0 Å². The van der Waals surface area contributed by atoms with Gasteiger partial charge in [-0.05, 0) is 39.5 Å². The van der Waals surface area contributed by atoms with Gasteiger partial charge < -0.3 is 10.4 Å². The summed E-state index contributed by atoms with van der Waals surface area (Å²) in [7, 11) is 0. The van der Waals surface area contributed by atoms with Crippen LogP contribution in [0, 0.1) is 19.8 Å². The van der Waals surface area contributed by atoms with E-state index in [-0.39, 0.29) is 17.9 Å². The quantitative estimate of drug-likeness (QED) is 0.820. The number of hydrogen-bond donors (Lipinski definition) is 2. The number of carbonyl (C=O) groups is 1. The lowest BCUT2D eigenvalue weighted by Crippen LogP contribution is -2.35. The number of thiazole rings is 1. The first-order valence-corrected chi connectivity index (χ1v) is 8.26. The fourth-order valence-corrected chi connectivity index (χ4v) is 3.62. The third-order valence-electron chi connectivity index (χ3n) is 3.96. The summed E-state index contributed by atoms with van der Waals surface area (Å²) in [6.07, 6.45) is 4.88. The molecular formula is C15H24N2O2S. The zero-order chi connectivity index (χ0) is 14.5. The Morgan fingerprint density at radius 3 is 2.90 bits per heavy atom. The van der Waals surface area contributed by atoms with Crippen LogP contribution in [0.25, 0.3) is 0 Å². The molecule has 1 aromatic heterocycles. The zero-order valence-electron chi connectivity index (χ0n) is 12.3. The smallest absolute Gasteiger partial charge is 0.223 e. The van der Waals surface area contributed by atoms with E-state index >= 15 is 0 Å². The Labute approximate surface area is 124 Å². The highest BCUT2D eigenvalue weighted by atomic mass is 32.1. The Hall–Kier alpha value is -0.940. The zero-order valence-corrected chi connectivity index (χ0v) is 13.1. The van der Waals surface area contributed by atoms with E-state index in [1.54, 1.807) is 11.3 Å². The van der Waals surface area contributed by atoms with Gasteiger partial charge in [-0.25, -0.2) is 4.98 Å². The van der Waals surface area contributed by atoms with Gasteiger partial charge in [0.15, 0.2) is 0 Å². The minimum absolute atomic E-state index is 0.00287. The molecule has 1 aromatic rings. The fraction of sp³-hybridized carbons (Fsp3) is 0.733. The molecular weight excluding hydrogens is 272 g/mol. The number of amides is 1. The Bertz CT molecular complexity index is 439. The minimum atomic E-state index is -0.291. The molecule has 20 heavy (non-hydrogen) atoms. The second-order valence-electron chi connectivity index (χ2n) is 5.66. The van der Waals surface area contributed by atoms with Crippen molar-refractivity contribution in [3.8, 4) is 0 Å². The molecule has 1 heterocycles. The van der Waals surface area contributed by atoms with Crippen molar-refractivity contribution in [1.82, 2.24) is 10.3 Å². The first-order valence-electron chi connectivity index (χ1n) is 7.45. The van der Waals surface area contributed by atoms with Crippen LogP contribution in [0.2, 0.25) is 0 Å². The average molecular weight is 296 g/mol. The summed E-state index contributed by atoms with van der Waals surface area (Å²) in [5, 5.41) is 13.7. The molecule has 2 N–H and O–H groups in total. The number of hydrogen-bond acceptors (Lipinski definition) is 4. The topological polar surface area (TPSA) is 62.2 Å². The lowest BCUT2D eigenvalue weighted by atomic mass is 9.87. The Kier molecular flexibility index (Phi) is 5.54. The van der Waals surface area contributed by atoms with Crippen molar-refractivity contribution < 1.29 is 9.90 Å². The molecule has 1 fully saturated rings. The van der Waals surface area contributed by atoms with Crippen LogP contribution in [-0.2, 0) is 11.2 Å². The molecule has 0 saturated heterocycles. The van der Waals surface area contributed by atoms with Crippen LogP contribution in [0.3, 0.4) is 0 Å². The molecule has 5 heteroatoms. The van der Waals surface area contributed by atoms with Gasteiger partial charge >= 0.3 is 0 Å². The monoisotopic (exact) mass is 296 g/mol. The molecule has 2 atom stereocenters. The van der Waals surface area contributed by atoms with Crippen molar-refractivity contribution in [2.75, 3.05) is 6.54 Å². The molecule has 0 aliphatic heterocycles. The summed E-state index contributed by atoms with van der Waals surface area (Å²) in [6.45, 7) is 4.82. The predicted molar refractivity (Wildman–Crippen MR) is 80.9 cm³/mol. The lowest BCUT2D eigenvalue weighted by Gasteiger charge is -2.24. The molecule has 1 aliphatic rings. The number of aliphatic hydroxyl groups is 1. The van der Waals surface area contributed by atoms with Crippen LogP contribution in [0.1, 0.15) is 47.7 Å². The number of nitrogens with one attached hydrogen (secondary N) is 1. The molecule has 0 spiro atoms. The average Bonchev–Trinajstić information content (AvgIpc) is 2.73. The van der Waals surface area contributed by atoms with Crippen LogP contribution in [0.5, 0.6) is 0 Å². The number of aromatic nitrogens is 1. The van der Waals surface area contributed by atoms with Gasteiger partial charge in [0.2, 0.25) is 5.91 Å². The van der Waals surface area contributed by atoms with Crippen molar-refractivity contribution in [2.24, 2.45) is 5.92 Å². The second-order valence-corrected chi connectivity index (χ2v) is 6.95. The normalized spacial score (nSPS) is 22.8. The van der Waals surface area contributed by atoms with Crippen molar-refractivity contribution in [3.63, 3.8) is 0 Å². The molecule has 1 saturated carbocycles. The van der Waals surface area contributed by atoms with Gasteiger partial charge in [0, 0.05) is 23.8 Å². The Morgan fingerprint density at radius 1 is 1.45 bits per heavy atom. The third kappa shape index (κ3) is 4.28. The van der Waals surface area contributed by atoms with Gasteiger partial charge in [0.25, 0.3) is 0 Å². The lowest BCUT2D eigenvalue weighted by molar-refractivity contribution is -0.127. The molecule has 1 aliphatic carbocycles. The highest BCUT2D eigenvalue weighted by Crippen LogP contribution is 2.24. The second kappa shape index (κ2) is 7.18. The maximum Gasteiger partial charge on any atom is 0.223 e. The first kappa shape index (κ1) is 15.4. The van der Waals surface area contributed by atoms with Gasteiger partial charge in [0.1, 0.15) is 0 Å². The molecule has 0 bridgehead atoms. The summed E-state index contributed by atoms with van der Waals surface area (Å²) < 4.78 is 0. The summed E-state index contributed by atoms with van der Waals surface area (Å²) in [6, 6.07) is 0. The summed E-state index contributed by atoms with van der Waals surface area (Å²) >= 11 is 1.74. The highest BCUT2D eigenvalue weighted by Gasteiger charge is 2.25. The van der Waals surface area contributed by atoms with E-state index < -0.39 is 0 Å². The number of nitrogens with zero attached hydrogens (tertiary/aromatic N) is 1. The summed E-state index contributed by atoms with van der Waals surface area (Å²) in [5.74, 6) is 0.110. The first-order chi connectivity index (χ1) is 9.56. The van der Waals surface area contributed by atoms with Crippen LogP contribution in [0.15, 0.2) is 0 Å². The van der Waals surface area contributed by atoms with Gasteiger partial charge in [-0.3, -0.25) is 4.79 Å². The van der Waals surface area contributed by atoms with Gasteiger partial charge in [-0.2, -0.15) is 0 Å². The van der Waals surface area contributed by atoms with Crippen molar-refractivity contribution in [2.45, 2.75) is 58.5 Å². The van der Waals surface area contributed by atoms with E-state index in [0.29, 0.717) is 13.0 Å². The number of aliphatic hydroxyl groups excluding tert-OH is 1. The van der Waals surface area contributed by atoms with E-state index in [1.165, 1.54) is 4.88 Å². The predicted octanol–water partition coefficient (Wildman–Crippen LogP) is 2.36. The molecule has 2 rings (SSSR count). The number of carbonyl (C=O) groups excluding carboxylic acids is 1. The van der Waals surface area contributed by atoms with Crippen molar-refractivity contribution in [1.29, 1.82) is 0 Å². The summed E-state index contributed by atoms with van der Waals surface area (Å²) in [5.41, 5.74) is 1.12. The van der Waals surface area contributed by atoms with E-state index in [9.17, 15) is 9.90 Å². The molecule has 0 unspecified atom stereocenters. The maximum atomic E-state index is 12.0. The van der Waals surface area contributed by atoms with E-state index in [0.717, 1.165) is 42.8 Å². The highest BCUT2D eigenvalue weighted by molar-refractivity contribution is 7.11. The van der Waals surface area contributed by atoms with E-state index in [1.807, 2.05) is 6.92 Å².